The van der Waals surface area contributed by atoms with Gasteiger partial charge in [-0.3, -0.25) is 9.78 Å². The molecule has 31 heavy (non-hydrogen) atoms. The lowest BCUT2D eigenvalue weighted by atomic mass is 10.0. The second kappa shape index (κ2) is 9.89. The number of morpholine rings is 1. The van der Waals surface area contributed by atoms with Crippen LogP contribution in [0.3, 0.4) is 0 Å². The average molecular weight is 469 g/mol. The number of aliphatic carboxylic acids is 1. The van der Waals surface area contributed by atoms with Crippen molar-refractivity contribution in [2.24, 2.45) is 0 Å². The summed E-state index contributed by atoms with van der Waals surface area (Å²) in [5.41, 5.74) is -0.480. The van der Waals surface area contributed by atoms with Crippen LogP contribution in [0.1, 0.15) is 10.5 Å². The zero-order valence-corrected chi connectivity index (χ0v) is 17.4. The fraction of sp³-hybridized carbons (Fsp3) is 0.588. The van der Waals surface area contributed by atoms with Crippen molar-refractivity contribution >= 4 is 21.9 Å². The third-order valence-electron chi connectivity index (χ3n) is 4.45. The highest BCUT2D eigenvalue weighted by atomic mass is 32.2. The average Bonchev–Trinajstić information content (AvgIpc) is 2.90. The number of rotatable bonds is 2. The lowest BCUT2D eigenvalue weighted by Gasteiger charge is -2.42. The number of ether oxygens (including phenoxy) is 2. The number of pyridine rings is 1. The molecule has 0 aliphatic carbocycles. The Morgan fingerprint density at radius 1 is 1.19 bits per heavy atom. The Morgan fingerprint density at radius 2 is 1.87 bits per heavy atom. The number of aromatic nitrogens is 1. The summed E-state index contributed by atoms with van der Waals surface area (Å²) in [5.74, 6) is -2.94. The number of halogens is 3. The van der Waals surface area contributed by atoms with E-state index in [1.165, 1.54) is 10.6 Å². The van der Waals surface area contributed by atoms with E-state index in [1.807, 2.05) is 0 Å². The predicted octanol–water partition coefficient (Wildman–Crippen LogP) is 0.218. The largest absolute Gasteiger partial charge is 0.490 e. The summed E-state index contributed by atoms with van der Waals surface area (Å²) in [6, 6.07) is 5.17. The molecule has 2 saturated heterocycles. The van der Waals surface area contributed by atoms with Crippen LogP contribution in [0.15, 0.2) is 24.4 Å². The Balaban J connectivity index is 0.000000423. The van der Waals surface area contributed by atoms with Gasteiger partial charge in [-0.15, -0.1) is 0 Å². The van der Waals surface area contributed by atoms with Crippen LogP contribution in [0.2, 0.25) is 0 Å². The second-order valence-electron chi connectivity index (χ2n) is 6.93. The lowest BCUT2D eigenvalue weighted by Crippen LogP contribution is -2.60. The molecule has 2 fully saturated rings. The number of hydrogen-bond donors (Lipinski definition) is 1. The number of hydrogen-bond acceptors (Lipinski definition) is 7. The molecule has 1 spiro atoms. The van der Waals surface area contributed by atoms with E-state index in [1.54, 1.807) is 29.3 Å². The van der Waals surface area contributed by atoms with E-state index in [0.29, 0.717) is 25.5 Å². The van der Waals surface area contributed by atoms with E-state index >= 15 is 0 Å². The molecule has 0 aromatic carbocycles. The number of carboxylic acid groups (broad SMARTS) is 1. The Labute approximate surface area is 176 Å². The van der Waals surface area contributed by atoms with Crippen LogP contribution in [0.4, 0.5) is 13.2 Å². The molecule has 1 N–H and O–H groups in total. The molecule has 1 aromatic rings. The molecule has 3 rings (SSSR count). The quantitative estimate of drug-likeness (QED) is 0.652. The van der Waals surface area contributed by atoms with Crippen LogP contribution in [0.25, 0.3) is 0 Å². The third-order valence-corrected chi connectivity index (χ3v) is 5.70. The SMILES string of the molecule is CS(=O)(=O)N1CCOCC2(CN(C(=O)c3ccccn3)CCO2)C1.O=C(O)C(F)(F)F. The molecule has 2 aliphatic rings. The van der Waals surface area contributed by atoms with E-state index in [9.17, 15) is 26.4 Å². The summed E-state index contributed by atoms with van der Waals surface area (Å²) >= 11 is 0. The zero-order valence-electron chi connectivity index (χ0n) is 16.5. The third kappa shape index (κ3) is 7.12. The summed E-state index contributed by atoms with van der Waals surface area (Å²) in [4.78, 5) is 27.3. The van der Waals surface area contributed by atoms with Crippen LogP contribution in [0, 0.1) is 0 Å². The van der Waals surface area contributed by atoms with Crippen molar-refractivity contribution in [1.29, 1.82) is 0 Å². The number of carboxylic acids is 1. The molecule has 1 unspecified atom stereocenters. The van der Waals surface area contributed by atoms with Crippen LogP contribution < -0.4 is 0 Å². The molecule has 2 aliphatic heterocycles. The van der Waals surface area contributed by atoms with Gasteiger partial charge >= 0.3 is 12.1 Å². The Hall–Kier alpha value is -2.29. The first-order valence-electron chi connectivity index (χ1n) is 9.01. The molecule has 0 bridgehead atoms. The van der Waals surface area contributed by atoms with Gasteiger partial charge in [0.2, 0.25) is 10.0 Å². The molecular formula is C17H22F3N3O7S. The summed E-state index contributed by atoms with van der Waals surface area (Å²) in [7, 11) is -3.36. The van der Waals surface area contributed by atoms with Gasteiger partial charge in [-0.1, -0.05) is 6.07 Å². The molecule has 14 heteroatoms. The molecule has 0 saturated carbocycles. The van der Waals surface area contributed by atoms with Crippen LogP contribution >= 0.6 is 0 Å². The Kier molecular flexibility index (Phi) is 7.97. The molecule has 0 radical (unpaired) electrons. The van der Waals surface area contributed by atoms with Gasteiger partial charge in [0.05, 0.1) is 32.6 Å². The maximum absolute atomic E-state index is 12.6. The summed E-state index contributed by atoms with van der Waals surface area (Å²) in [6.07, 6.45) is -2.34. The number of nitrogens with zero attached hydrogens (tertiary/aromatic N) is 3. The second-order valence-corrected chi connectivity index (χ2v) is 8.91. The summed E-state index contributed by atoms with van der Waals surface area (Å²) in [6.45, 7) is 2.08. The van der Waals surface area contributed by atoms with Gasteiger partial charge in [0.15, 0.2) is 0 Å². The lowest BCUT2D eigenvalue weighted by molar-refractivity contribution is -0.192. The van der Waals surface area contributed by atoms with Crippen molar-refractivity contribution in [2.75, 3.05) is 52.3 Å². The van der Waals surface area contributed by atoms with E-state index in [-0.39, 0.29) is 32.1 Å². The van der Waals surface area contributed by atoms with Gasteiger partial charge in [-0.25, -0.2) is 13.2 Å². The molecular weight excluding hydrogens is 447 g/mol. The van der Waals surface area contributed by atoms with Crippen LogP contribution in [-0.2, 0) is 24.3 Å². The van der Waals surface area contributed by atoms with Crippen LogP contribution in [0.5, 0.6) is 0 Å². The normalized spacial score (nSPS) is 22.9. The van der Waals surface area contributed by atoms with Gasteiger partial charge in [-0.05, 0) is 12.1 Å². The highest BCUT2D eigenvalue weighted by Gasteiger charge is 2.43. The number of carbonyl (C=O) groups excluding carboxylic acids is 1. The minimum Gasteiger partial charge on any atom is -0.475 e. The minimum atomic E-state index is -5.08. The van der Waals surface area contributed by atoms with Gasteiger partial charge in [0, 0.05) is 25.8 Å². The number of alkyl halides is 3. The standard InChI is InChI=1S/C15H21N3O5S.C2HF3O2/c1-24(20,21)18-7-8-22-12-15(11-18)10-17(6-9-23-15)14(19)13-4-2-3-5-16-13;3-2(4,5)1(6)7/h2-5H,6-12H2,1H3;(H,6,7). The van der Waals surface area contributed by atoms with E-state index < -0.39 is 27.8 Å². The summed E-state index contributed by atoms with van der Waals surface area (Å²) in [5, 5.41) is 7.12. The highest BCUT2D eigenvalue weighted by molar-refractivity contribution is 7.88. The number of sulfonamides is 1. The van der Waals surface area contributed by atoms with Crippen molar-refractivity contribution in [2.45, 2.75) is 11.8 Å². The minimum absolute atomic E-state index is 0.178. The molecule has 1 atom stereocenters. The van der Waals surface area contributed by atoms with Crippen molar-refractivity contribution < 1.29 is 45.8 Å². The number of amides is 1. The molecule has 174 valence electrons. The van der Waals surface area contributed by atoms with E-state index in [2.05, 4.69) is 4.98 Å². The molecule has 10 nitrogen and oxygen atoms in total. The Bertz CT molecular complexity index is 883. The van der Waals surface area contributed by atoms with Crippen molar-refractivity contribution in [3.05, 3.63) is 30.1 Å². The number of carbonyl (C=O) groups is 2. The van der Waals surface area contributed by atoms with Crippen molar-refractivity contribution in [3.63, 3.8) is 0 Å². The fourth-order valence-electron chi connectivity index (χ4n) is 3.01. The maximum Gasteiger partial charge on any atom is 0.490 e. The van der Waals surface area contributed by atoms with Crippen LogP contribution in [-0.4, -0.2) is 104 Å². The predicted molar refractivity (Wildman–Crippen MR) is 99.8 cm³/mol. The van der Waals surface area contributed by atoms with E-state index in [4.69, 9.17) is 19.4 Å². The molecule has 1 aromatic heterocycles. The van der Waals surface area contributed by atoms with Gasteiger partial charge < -0.3 is 19.5 Å². The highest BCUT2D eigenvalue weighted by Crippen LogP contribution is 2.24. The topological polar surface area (TPSA) is 126 Å². The van der Waals surface area contributed by atoms with Gasteiger partial charge in [-0.2, -0.15) is 17.5 Å². The smallest absolute Gasteiger partial charge is 0.475 e. The maximum atomic E-state index is 12.6. The monoisotopic (exact) mass is 469 g/mol. The molecule has 1 amide bonds. The Morgan fingerprint density at radius 3 is 2.42 bits per heavy atom. The van der Waals surface area contributed by atoms with E-state index in [0.717, 1.165) is 0 Å². The zero-order chi connectivity index (χ0) is 23.3. The first kappa shape index (κ1) is 25.0. The fourth-order valence-corrected chi connectivity index (χ4v) is 3.88. The van der Waals surface area contributed by atoms with Gasteiger partial charge in [0.25, 0.3) is 5.91 Å². The first-order chi connectivity index (χ1) is 14.3. The summed E-state index contributed by atoms with van der Waals surface area (Å²) < 4.78 is 68.4. The molecule has 3 heterocycles. The van der Waals surface area contributed by atoms with Gasteiger partial charge in [0.1, 0.15) is 11.3 Å². The van der Waals surface area contributed by atoms with Crippen molar-refractivity contribution in [3.8, 4) is 0 Å². The van der Waals surface area contributed by atoms with Crippen molar-refractivity contribution in [1.82, 2.24) is 14.2 Å². The first-order valence-corrected chi connectivity index (χ1v) is 10.9.